The first kappa shape index (κ1) is 32.8. The van der Waals surface area contributed by atoms with Crippen molar-refractivity contribution < 1.29 is 14.3 Å². The van der Waals surface area contributed by atoms with Gasteiger partial charge < -0.3 is 13.9 Å². The van der Waals surface area contributed by atoms with Crippen LogP contribution in [0, 0.1) is 6.92 Å². The van der Waals surface area contributed by atoms with E-state index in [1.807, 2.05) is 103 Å². The summed E-state index contributed by atoms with van der Waals surface area (Å²) in [5, 5.41) is 4.44. The fourth-order valence-electron chi connectivity index (χ4n) is 6.27. The molecule has 7 nitrogen and oxygen atoms in total. The molecule has 7 heteroatoms. The molecule has 1 amide bonds. The molecule has 51 heavy (non-hydrogen) atoms. The van der Waals surface area contributed by atoms with Gasteiger partial charge in [-0.15, -0.1) is 0 Å². The molecule has 250 valence electrons. The topological polar surface area (TPSA) is 77.6 Å². The van der Waals surface area contributed by atoms with E-state index in [9.17, 15) is 9.59 Å². The molecule has 0 fully saturated rings. The summed E-state index contributed by atoms with van der Waals surface area (Å²) in [7, 11) is 0. The molecule has 2 heterocycles. The lowest BCUT2D eigenvalue weighted by atomic mass is 10.1. The van der Waals surface area contributed by atoms with E-state index in [0.717, 1.165) is 56.4 Å². The molecule has 0 radical (unpaired) electrons. The van der Waals surface area contributed by atoms with Crippen molar-refractivity contribution in [1.29, 1.82) is 0 Å². The maximum absolute atomic E-state index is 13.3. The van der Waals surface area contributed by atoms with Gasteiger partial charge in [-0.05, 0) is 97.3 Å². The van der Waals surface area contributed by atoms with E-state index in [0.29, 0.717) is 17.7 Å². The van der Waals surface area contributed by atoms with Crippen molar-refractivity contribution in [2.24, 2.45) is 5.10 Å². The highest BCUT2D eigenvalue weighted by Gasteiger charge is 2.20. The van der Waals surface area contributed by atoms with E-state index in [4.69, 9.17) is 4.74 Å². The summed E-state index contributed by atoms with van der Waals surface area (Å²) < 4.78 is 9.54. The average molecular weight is 669 g/mol. The van der Waals surface area contributed by atoms with E-state index in [-0.39, 0.29) is 11.9 Å². The predicted molar refractivity (Wildman–Crippen MR) is 204 cm³/mol. The second kappa shape index (κ2) is 14.8. The average Bonchev–Trinajstić information content (AvgIpc) is 3.77. The van der Waals surface area contributed by atoms with Crippen LogP contribution in [0.2, 0.25) is 0 Å². The quantitative estimate of drug-likeness (QED) is 0.0896. The molecular weight excluding hydrogens is 633 g/mol. The van der Waals surface area contributed by atoms with Gasteiger partial charge in [0.2, 0.25) is 0 Å². The first-order valence-corrected chi connectivity index (χ1v) is 16.8. The van der Waals surface area contributed by atoms with Gasteiger partial charge >= 0.3 is 5.97 Å². The number of nitrogens with zero attached hydrogens (tertiary/aromatic N) is 3. The van der Waals surface area contributed by atoms with Crippen LogP contribution in [-0.2, 0) is 4.74 Å². The molecule has 0 atom stereocenters. The zero-order valence-corrected chi connectivity index (χ0v) is 28.4. The van der Waals surface area contributed by atoms with Gasteiger partial charge in [0.25, 0.3) is 5.91 Å². The summed E-state index contributed by atoms with van der Waals surface area (Å²) in [6, 6.07) is 51.5. The number of nitrogens with one attached hydrogen (secondary N) is 1. The van der Waals surface area contributed by atoms with Crippen LogP contribution in [0.15, 0.2) is 163 Å². The van der Waals surface area contributed by atoms with E-state index >= 15 is 0 Å². The van der Waals surface area contributed by atoms with Gasteiger partial charge in [-0.1, -0.05) is 91.0 Å². The summed E-state index contributed by atoms with van der Waals surface area (Å²) in [5.41, 5.74) is 13.4. The highest BCUT2D eigenvalue weighted by Crippen LogP contribution is 2.35. The van der Waals surface area contributed by atoms with Crippen LogP contribution >= 0.6 is 0 Å². The van der Waals surface area contributed by atoms with Gasteiger partial charge in [0.15, 0.2) is 0 Å². The molecule has 2 aromatic heterocycles. The van der Waals surface area contributed by atoms with Gasteiger partial charge in [-0.3, -0.25) is 4.79 Å². The Bertz CT molecular complexity index is 2300. The summed E-state index contributed by atoms with van der Waals surface area (Å²) in [6.07, 6.45) is 1.68. The molecule has 0 aliphatic rings. The maximum atomic E-state index is 13.3. The minimum atomic E-state index is -0.363. The Morgan fingerprint density at radius 2 is 1.16 bits per heavy atom. The molecule has 5 aromatic carbocycles. The van der Waals surface area contributed by atoms with E-state index in [2.05, 4.69) is 69.0 Å². The Balaban J connectivity index is 1.21. The van der Waals surface area contributed by atoms with E-state index < -0.39 is 0 Å². The number of rotatable bonds is 10. The van der Waals surface area contributed by atoms with Gasteiger partial charge in [0.05, 0.1) is 35.5 Å². The fraction of sp³-hybridized carbons (Fsp3) is 0.0682. The third kappa shape index (κ3) is 6.91. The second-order valence-corrected chi connectivity index (χ2v) is 12.0. The number of ether oxygens (including phenoxy) is 1. The molecule has 7 rings (SSSR count). The molecular formula is C44H36N4O3. The molecule has 7 aromatic rings. The van der Waals surface area contributed by atoms with E-state index in [1.54, 1.807) is 25.3 Å². The third-order valence-corrected chi connectivity index (χ3v) is 8.69. The number of esters is 1. The van der Waals surface area contributed by atoms with Gasteiger partial charge in [-0.25, -0.2) is 10.2 Å². The number of aromatic nitrogens is 2. The number of hydrogen-bond acceptors (Lipinski definition) is 4. The molecule has 0 aliphatic carbocycles. The number of carbonyl (C=O) groups is 2. The summed E-state index contributed by atoms with van der Waals surface area (Å²) in [5.74, 6) is -0.679. The van der Waals surface area contributed by atoms with Crippen molar-refractivity contribution in [2.45, 2.75) is 13.8 Å². The lowest BCUT2D eigenvalue weighted by Crippen LogP contribution is -2.17. The Labute approximate surface area is 297 Å². The number of hydrogen-bond donors (Lipinski definition) is 1. The summed E-state index contributed by atoms with van der Waals surface area (Å²) in [4.78, 5) is 25.7. The fourth-order valence-corrected chi connectivity index (χ4v) is 6.27. The van der Waals surface area contributed by atoms with Gasteiger partial charge in [0.1, 0.15) is 0 Å². The highest BCUT2D eigenvalue weighted by molar-refractivity contribution is 5.97. The monoisotopic (exact) mass is 668 g/mol. The predicted octanol–water partition coefficient (Wildman–Crippen LogP) is 9.52. The number of benzene rings is 5. The van der Waals surface area contributed by atoms with Crippen molar-refractivity contribution in [3.8, 4) is 45.1 Å². The Morgan fingerprint density at radius 3 is 1.75 bits per heavy atom. The Kier molecular flexibility index (Phi) is 9.52. The van der Waals surface area contributed by atoms with Crippen molar-refractivity contribution in [3.05, 3.63) is 180 Å². The Hall–Kier alpha value is -6.73. The van der Waals surface area contributed by atoms with Crippen molar-refractivity contribution in [3.63, 3.8) is 0 Å². The lowest BCUT2D eigenvalue weighted by molar-refractivity contribution is 0.0526. The van der Waals surface area contributed by atoms with Gasteiger partial charge in [-0.2, -0.15) is 5.10 Å². The smallest absolute Gasteiger partial charge is 0.338 e. The molecule has 0 spiro atoms. The molecule has 0 aliphatic heterocycles. The normalized spacial score (nSPS) is 11.1. The zero-order chi connectivity index (χ0) is 35.2. The molecule has 0 bridgehead atoms. The van der Waals surface area contributed by atoms with Crippen LogP contribution < -0.4 is 5.43 Å². The molecule has 0 unspecified atom stereocenters. The van der Waals surface area contributed by atoms with Crippen molar-refractivity contribution in [1.82, 2.24) is 14.6 Å². The largest absolute Gasteiger partial charge is 0.462 e. The first-order valence-electron chi connectivity index (χ1n) is 16.8. The first-order chi connectivity index (χ1) is 25.0. The van der Waals surface area contributed by atoms with Crippen molar-refractivity contribution >= 4 is 18.1 Å². The van der Waals surface area contributed by atoms with Crippen LogP contribution in [0.1, 0.15) is 38.9 Å². The molecule has 0 saturated carbocycles. The van der Waals surface area contributed by atoms with Crippen LogP contribution in [-0.4, -0.2) is 33.8 Å². The Morgan fingerprint density at radius 1 is 0.627 bits per heavy atom. The number of hydrazone groups is 1. The second-order valence-electron chi connectivity index (χ2n) is 12.0. The van der Waals surface area contributed by atoms with Crippen molar-refractivity contribution in [2.75, 3.05) is 6.61 Å². The number of aryl methyl sites for hydroxylation is 1. The van der Waals surface area contributed by atoms with Crippen LogP contribution in [0.25, 0.3) is 45.1 Å². The van der Waals surface area contributed by atoms with Crippen LogP contribution in [0.3, 0.4) is 0 Å². The van der Waals surface area contributed by atoms with Crippen LogP contribution in [0.5, 0.6) is 0 Å². The summed E-state index contributed by atoms with van der Waals surface area (Å²) in [6.45, 7) is 4.17. The van der Waals surface area contributed by atoms with E-state index in [1.165, 1.54) is 0 Å². The highest BCUT2D eigenvalue weighted by atomic mass is 16.5. The minimum Gasteiger partial charge on any atom is -0.462 e. The molecule has 1 N–H and O–H groups in total. The third-order valence-electron chi connectivity index (χ3n) is 8.69. The lowest BCUT2D eigenvalue weighted by Gasteiger charge is -2.15. The number of amides is 1. The standard InChI is InChI=1S/C44H36N4O3/c1-3-51-44(50)36-22-26-39(27-23-36)48-41(33-15-9-5-10-16-33)29-37(42(48)34-17-11-6-12-18-34)30-45-46-43(49)35-20-24-38(25-21-35)47-31(2)19-28-40(47)32-13-7-4-8-14-32/h4-30H,3H2,1-2H3,(H,46,49)/b45-30+. The minimum absolute atomic E-state index is 0.308. The summed E-state index contributed by atoms with van der Waals surface area (Å²) >= 11 is 0. The zero-order valence-electron chi connectivity index (χ0n) is 28.4. The SMILES string of the molecule is CCOC(=O)c1ccc(-n2c(-c3ccccc3)cc(/C=N/NC(=O)c3ccc(-n4c(C)ccc4-c4ccccc4)cc3)c2-c2ccccc2)cc1. The molecule has 0 saturated heterocycles. The number of carbonyl (C=O) groups excluding carboxylic acids is 2. The van der Waals surface area contributed by atoms with Gasteiger partial charge in [0, 0.05) is 28.2 Å². The van der Waals surface area contributed by atoms with Crippen LogP contribution in [0.4, 0.5) is 0 Å². The maximum Gasteiger partial charge on any atom is 0.338 e.